The van der Waals surface area contributed by atoms with Gasteiger partial charge in [-0.05, 0) is 24.3 Å². The Morgan fingerprint density at radius 1 is 1.30 bits per heavy atom. The minimum absolute atomic E-state index is 0.184. The van der Waals surface area contributed by atoms with Crippen molar-refractivity contribution in [3.8, 4) is 0 Å². The molecule has 0 bridgehead atoms. The molecule has 0 heterocycles. The van der Waals surface area contributed by atoms with Gasteiger partial charge in [-0.3, -0.25) is 0 Å². The van der Waals surface area contributed by atoms with Crippen molar-refractivity contribution in [3.63, 3.8) is 0 Å². The fourth-order valence-electron chi connectivity index (χ4n) is 0.592. The molecular weight excluding hydrogens is 153 g/mol. The third-order valence-corrected chi connectivity index (χ3v) is 1.80. The summed E-state index contributed by atoms with van der Waals surface area (Å²) in [5, 5.41) is 0. The predicted octanol–water partition coefficient (Wildman–Crippen LogP) is 1.21. The summed E-state index contributed by atoms with van der Waals surface area (Å²) >= 11 is -2.71. The zero-order chi connectivity index (χ0) is 7.56. The van der Waals surface area contributed by atoms with E-state index in [4.69, 9.17) is 5.73 Å². The minimum Gasteiger partial charge on any atom is -0.399 e. The number of hydrogen-bond acceptors (Lipinski definition) is 2. The highest BCUT2D eigenvalue weighted by Gasteiger charge is 2.05. The maximum atomic E-state index is 12.0. The van der Waals surface area contributed by atoms with E-state index in [0.717, 1.165) is 0 Å². The van der Waals surface area contributed by atoms with Crippen molar-refractivity contribution in [2.24, 2.45) is 0 Å². The molecule has 0 aromatic heterocycles. The molecule has 2 N–H and O–H groups in total. The monoisotopic (exact) mass is 160 g/mol. The molecule has 0 radical (unpaired) electrons. The third kappa shape index (κ3) is 1.54. The first-order valence-electron chi connectivity index (χ1n) is 2.69. The van der Waals surface area contributed by atoms with E-state index in [1.54, 1.807) is 0 Å². The van der Waals surface area contributed by atoms with Gasteiger partial charge < -0.3 is 5.73 Å². The normalized spacial score (nSPS) is 12.9. The lowest BCUT2D eigenvalue weighted by molar-refractivity contribution is 0.571. The van der Waals surface area contributed by atoms with Gasteiger partial charge in [0.25, 0.3) is 11.2 Å². The van der Waals surface area contributed by atoms with E-state index in [0.29, 0.717) is 5.69 Å². The molecule has 0 aliphatic carbocycles. The summed E-state index contributed by atoms with van der Waals surface area (Å²) in [6.45, 7) is 0. The number of halogens is 1. The Bertz CT molecular complexity index is 246. The van der Waals surface area contributed by atoms with Crippen LogP contribution in [-0.2, 0) is 15.4 Å². The Morgan fingerprint density at radius 3 is 2.20 bits per heavy atom. The standard InChI is InChI=1S/C6H6FNOS/c7-10(9)6-3-1-5(8)2-4-6/h1-4H,8H2/p+1. The van der Waals surface area contributed by atoms with Gasteiger partial charge in [0.1, 0.15) is 0 Å². The Morgan fingerprint density at radius 2 is 1.80 bits per heavy atom. The van der Waals surface area contributed by atoms with Gasteiger partial charge in [0, 0.05) is 9.57 Å². The van der Waals surface area contributed by atoms with Crippen molar-refractivity contribution < 1.29 is 8.09 Å². The first-order valence-corrected chi connectivity index (χ1v) is 3.84. The molecule has 0 fully saturated rings. The third-order valence-electron chi connectivity index (χ3n) is 1.10. The van der Waals surface area contributed by atoms with Gasteiger partial charge in [0.15, 0.2) is 4.90 Å². The van der Waals surface area contributed by atoms with Gasteiger partial charge in [0.2, 0.25) is 0 Å². The number of nitrogens with two attached hydrogens (primary N) is 1. The molecule has 4 heteroatoms. The summed E-state index contributed by atoms with van der Waals surface area (Å²) in [6, 6.07) is 5.85. The van der Waals surface area contributed by atoms with E-state index in [9.17, 15) is 8.09 Å². The van der Waals surface area contributed by atoms with Crippen LogP contribution in [0.4, 0.5) is 9.57 Å². The largest absolute Gasteiger partial charge is 0.399 e. The molecule has 0 aliphatic rings. The topological polar surface area (TPSA) is 43.1 Å². The smallest absolute Gasteiger partial charge is 0.290 e. The van der Waals surface area contributed by atoms with Gasteiger partial charge in [-0.25, -0.2) is 0 Å². The van der Waals surface area contributed by atoms with Crippen molar-refractivity contribution in [3.05, 3.63) is 24.3 Å². The van der Waals surface area contributed by atoms with Gasteiger partial charge in [-0.1, -0.05) is 4.21 Å². The molecular formula is C6H7FNOS+. The van der Waals surface area contributed by atoms with Gasteiger partial charge >= 0.3 is 0 Å². The Balaban J connectivity index is 3.00. The number of nitrogen functional groups attached to an aromatic ring is 1. The summed E-state index contributed by atoms with van der Waals surface area (Å²) in [4.78, 5) is 0.184. The van der Waals surface area contributed by atoms with Gasteiger partial charge in [-0.15, -0.1) is 0 Å². The molecule has 0 saturated carbocycles. The van der Waals surface area contributed by atoms with Crippen LogP contribution in [0.5, 0.6) is 0 Å². The minimum atomic E-state index is -2.71. The van der Waals surface area contributed by atoms with Gasteiger partial charge in [-0.2, -0.15) is 0 Å². The number of hydrogen-bond donors (Lipinski definition) is 1. The summed E-state index contributed by atoms with van der Waals surface area (Å²) in [6.07, 6.45) is 0. The zero-order valence-corrected chi connectivity index (χ0v) is 6.01. The molecule has 54 valence electrons. The zero-order valence-electron chi connectivity index (χ0n) is 5.12. The van der Waals surface area contributed by atoms with Crippen LogP contribution in [0.25, 0.3) is 0 Å². The van der Waals surface area contributed by atoms with Crippen LogP contribution >= 0.6 is 0 Å². The first-order chi connectivity index (χ1) is 4.70. The van der Waals surface area contributed by atoms with E-state index in [2.05, 4.69) is 0 Å². The molecule has 1 aromatic carbocycles. The van der Waals surface area contributed by atoms with Crippen LogP contribution in [0, 0.1) is 0 Å². The van der Waals surface area contributed by atoms with E-state index in [1.807, 2.05) is 0 Å². The Hall–Kier alpha value is -0.900. The van der Waals surface area contributed by atoms with E-state index < -0.39 is 11.2 Å². The van der Waals surface area contributed by atoms with Crippen LogP contribution in [-0.4, -0.2) is 0 Å². The van der Waals surface area contributed by atoms with Crippen LogP contribution < -0.4 is 5.73 Å². The van der Waals surface area contributed by atoms with Crippen LogP contribution in [0.15, 0.2) is 29.2 Å². The van der Waals surface area contributed by atoms with Crippen molar-refractivity contribution in [2.75, 3.05) is 5.73 Å². The summed E-state index contributed by atoms with van der Waals surface area (Å²) < 4.78 is 22.2. The number of thiol groups is 1. The maximum Gasteiger partial charge on any atom is 0.290 e. The average molecular weight is 160 g/mol. The van der Waals surface area contributed by atoms with E-state index >= 15 is 0 Å². The second-order valence-corrected chi connectivity index (χ2v) is 2.84. The lowest BCUT2D eigenvalue weighted by Gasteiger charge is -1.88. The van der Waals surface area contributed by atoms with Crippen LogP contribution in [0.1, 0.15) is 0 Å². The Labute approximate surface area is 60.6 Å². The van der Waals surface area contributed by atoms with E-state index in [1.165, 1.54) is 24.3 Å². The highest BCUT2D eigenvalue weighted by molar-refractivity contribution is 7.79. The molecule has 0 aliphatic heterocycles. The summed E-state index contributed by atoms with van der Waals surface area (Å²) in [5.74, 6) is 0. The summed E-state index contributed by atoms with van der Waals surface area (Å²) in [7, 11) is 0. The number of anilines is 1. The number of rotatable bonds is 1. The molecule has 1 aromatic rings. The molecule has 2 nitrogen and oxygen atoms in total. The fraction of sp³-hybridized carbons (Fsp3) is 0. The second-order valence-electron chi connectivity index (χ2n) is 1.84. The quantitative estimate of drug-likeness (QED) is 0.290. The van der Waals surface area contributed by atoms with Crippen molar-refractivity contribution >= 4 is 16.9 Å². The molecule has 1 rings (SSSR count). The predicted molar refractivity (Wildman–Crippen MR) is 39.7 cm³/mol. The second kappa shape index (κ2) is 2.79. The molecule has 0 amide bonds. The molecule has 1 atom stereocenters. The molecule has 0 spiro atoms. The molecule has 0 saturated heterocycles. The lowest BCUT2D eigenvalue weighted by Crippen LogP contribution is -1.85. The Kier molecular flexibility index (Phi) is 2.01. The van der Waals surface area contributed by atoms with E-state index in [-0.39, 0.29) is 4.90 Å². The molecule has 1 unspecified atom stereocenters. The van der Waals surface area contributed by atoms with Gasteiger partial charge in [0.05, 0.1) is 0 Å². The van der Waals surface area contributed by atoms with Crippen molar-refractivity contribution in [2.45, 2.75) is 4.90 Å². The lowest BCUT2D eigenvalue weighted by atomic mass is 10.3. The van der Waals surface area contributed by atoms with Crippen molar-refractivity contribution in [1.29, 1.82) is 0 Å². The highest BCUT2D eigenvalue weighted by Crippen LogP contribution is 2.10. The average Bonchev–Trinajstić information content (AvgIpc) is 1.88. The fourth-order valence-corrected chi connectivity index (χ4v) is 0.975. The first kappa shape index (κ1) is 7.21. The molecule has 10 heavy (non-hydrogen) atoms. The van der Waals surface area contributed by atoms with Crippen LogP contribution in [0.2, 0.25) is 0 Å². The highest BCUT2D eigenvalue weighted by atomic mass is 32.2. The SMILES string of the molecule is Nc1ccc([SH+](=O)F)cc1. The van der Waals surface area contributed by atoms with Crippen molar-refractivity contribution in [1.82, 2.24) is 0 Å². The summed E-state index contributed by atoms with van der Waals surface area (Å²) in [5.41, 5.74) is 5.85. The maximum absolute atomic E-state index is 12.0. The van der Waals surface area contributed by atoms with Crippen LogP contribution in [0.3, 0.4) is 0 Å². The number of benzene rings is 1.